The third-order valence-corrected chi connectivity index (χ3v) is 4.38. The predicted octanol–water partition coefficient (Wildman–Crippen LogP) is 4.69. The highest BCUT2D eigenvalue weighted by Gasteiger charge is 2.05. The molecule has 3 rings (SSSR count). The van der Waals surface area contributed by atoms with Crippen LogP contribution >= 0.6 is 0 Å². The number of amides is 1. The lowest BCUT2D eigenvalue weighted by Crippen LogP contribution is -2.17. The fraction of sp³-hybridized carbons (Fsp3) is 0.160. The fourth-order valence-electron chi connectivity index (χ4n) is 2.72. The number of ether oxygens (including phenoxy) is 2. The molecule has 3 aromatic carbocycles. The van der Waals surface area contributed by atoms with Crippen molar-refractivity contribution in [3.63, 3.8) is 0 Å². The van der Waals surface area contributed by atoms with Crippen molar-refractivity contribution in [1.29, 1.82) is 5.26 Å². The van der Waals surface area contributed by atoms with Crippen molar-refractivity contribution >= 4 is 12.1 Å². The molecule has 3 aromatic rings. The number of nitrogens with one attached hydrogen (secondary N) is 1. The molecule has 0 atom stereocenters. The number of carbonyl (C=O) groups is 1. The molecule has 0 aliphatic heterocycles. The van der Waals surface area contributed by atoms with Gasteiger partial charge in [0.1, 0.15) is 18.1 Å². The molecule has 1 amide bonds. The van der Waals surface area contributed by atoms with Gasteiger partial charge in [0.25, 0.3) is 5.91 Å². The Labute approximate surface area is 181 Å². The second-order valence-electron chi connectivity index (χ2n) is 6.70. The molecule has 6 nitrogen and oxygen atoms in total. The van der Waals surface area contributed by atoms with Gasteiger partial charge in [-0.3, -0.25) is 4.79 Å². The highest BCUT2D eigenvalue weighted by Crippen LogP contribution is 2.16. The molecule has 0 aliphatic carbocycles. The van der Waals surface area contributed by atoms with E-state index in [1.165, 1.54) is 0 Å². The third kappa shape index (κ3) is 6.44. The van der Waals surface area contributed by atoms with Crippen LogP contribution in [-0.4, -0.2) is 18.7 Å². The van der Waals surface area contributed by atoms with Gasteiger partial charge < -0.3 is 9.47 Å². The quantitative estimate of drug-likeness (QED) is 0.407. The maximum absolute atomic E-state index is 12.2. The Morgan fingerprint density at radius 3 is 2.39 bits per heavy atom. The van der Waals surface area contributed by atoms with Crippen LogP contribution in [0.15, 0.2) is 77.9 Å². The molecular weight excluding hydrogens is 390 g/mol. The van der Waals surface area contributed by atoms with Gasteiger partial charge in [-0.15, -0.1) is 0 Å². The summed E-state index contributed by atoms with van der Waals surface area (Å²) in [5.41, 5.74) is 5.27. The predicted molar refractivity (Wildman–Crippen MR) is 119 cm³/mol. The average molecular weight is 413 g/mol. The van der Waals surface area contributed by atoms with E-state index >= 15 is 0 Å². The molecule has 0 unspecified atom stereocenters. The molecule has 6 heteroatoms. The van der Waals surface area contributed by atoms with Gasteiger partial charge in [0.2, 0.25) is 0 Å². The van der Waals surface area contributed by atoms with Crippen LogP contribution in [0.5, 0.6) is 11.5 Å². The summed E-state index contributed by atoms with van der Waals surface area (Å²) in [6, 6.07) is 23.7. The second kappa shape index (κ2) is 11.2. The topological polar surface area (TPSA) is 83.7 Å². The van der Waals surface area contributed by atoms with Gasteiger partial charge in [0.05, 0.1) is 24.5 Å². The molecule has 0 aromatic heterocycles. The third-order valence-electron chi connectivity index (χ3n) is 4.38. The minimum Gasteiger partial charge on any atom is -0.494 e. The highest BCUT2D eigenvalue weighted by molar-refractivity contribution is 5.95. The van der Waals surface area contributed by atoms with Gasteiger partial charge >= 0.3 is 0 Å². The van der Waals surface area contributed by atoms with E-state index in [1.807, 2.05) is 49.4 Å². The van der Waals surface area contributed by atoms with E-state index < -0.39 is 0 Å². The summed E-state index contributed by atoms with van der Waals surface area (Å²) in [4.78, 5) is 12.2. The van der Waals surface area contributed by atoms with E-state index in [9.17, 15) is 4.79 Å². The van der Waals surface area contributed by atoms with Gasteiger partial charge in [-0.2, -0.15) is 10.4 Å². The van der Waals surface area contributed by atoms with E-state index in [0.29, 0.717) is 30.1 Å². The highest BCUT2D eigenvalue weighted by atomic mass is 16.5. The first-order chi connectivity index (χ1) is 15.2. The van der Waals surface area contributed by atoms with Crippen LogP contribution < -0.4 is 14.9 Å². The van der Waals surface area contributed by atoms with Crippen LogP contribution in [0.1, 0.15) is 40.4 Å². The summed E-state index contributed by atoms with van der Waals surface area (Å²) in [5.74, 6) is 1.12. The van der Waals surface area contributed by atoms with Crippen molar-refractivity contribution < 1.29 is 14.3 Å². The fourth-order valence-corrected chi connectivity index (χ4v) is 2.72. The molecule has 0 saturated carbocycles. The maximum atomic E-state index is 12.2. The Bertz CT molecular complexity index is 1070. The molecule has 0 saturated heterocycles. The molecule has 156 valence electrons. The number of nitrogens with zero attached hydrogens (tertiary/aromatic N) is 2. The van der Waals surface area contributed by atoms with Crippen molar-refractivity contribution in [2.24, 2.45) is 5.10 Å². The van der Waals surface area contributed by atoms with Crippen molar-refractivity contribution in [2.75, 3.05) is 6.61 Å². The standard InChI is InChI=1S/C25H23N3O3/c1-2-15-30-23-13-9-20(10-14-23)25(29)28-27-17-19-7-11-24(12-8-19)31-18-22-6-4-3-5-21(22)16-26/h3-14,17H,2,15,18H2,1H3,(H,28,29)/b27-17-. The first-order valence-electron chi connectivity index (χ1n) is 9.96. The van der Waals surface area contributed by atoms with E-state index in [0.717, 1.165) is 23.3 Å². The normalized spacial score (nSPS) is 10.5. The van der Waals surface area contributed by atoms with Crippen LogP contribution in [-0.2, 0) is 6.61 Å². The lowest BCUT2D eigenvalue weighted by atomic mass is 10.1. The number of benzene rings is 3. The monoisotopic (exact) mass is 413 g/mol. The van der Waals surface area contributed by atoms with Crippen molar-refractivity contribution in [3.8, 4) is 17.6 Å². The molecule has 0 fully saturated rings. The SMILES string of the molecule is CCCOc1ccc(C(=O)N/N=C\c2ccc(OCc3ccccc3C#N)cc2)cc1. The minimum absolute atomic E-state index is 0.297. The lowest BCUT2D eigenvalue weighted by molar-refractivity contribution is 0.0955. The summed E-state index contributed by atoms with van der Waals surface area (Å²) in [7, 11) is 0. The number of carbonyl (C=O) groups excluding carboxylic acids is 1. The van der Waals surface area contributed by atoms with E-state index in [2.05, 4.69) is 16.6 Å². The summed E-state index contributed by atoms with van der Waals surface area (Å²) in [6.07, 6.45) is 2.49. The van der Waals surface area contributed by atoms with Crippen LogP contribution in [0.4, 0.5) is 0 Å². The molecule has 0 radical (unpaired) electrons. The van der Waals surface area contributed by atoms with E-state index in [4.69, 9.17) is 14.7 Å². The van der Waals surface area contributed by atoms with Gasteiger partial charge in [0.15, 0.2) is 0 Å². The largest absolute Gasteiger partial charge is 0.494 e. The Morgan fingerprint density at radius 2 is 1.68 bits per heavy atom. The lowest BCUT2D eigenvalue weighted by Gasteiger charge is -2.07. The van der Waals surface area contributed by atoms with Crippen molar-refractivity contribution in [1.82, 2.24) is 5.43 Å². The smallest absolute Gasteiger partial charge is 0.271 e. The Kier molecular flexibility index (Phi) is 7.78. The zero-order valence-electron chi connectivity index (χ0n) is 17.2. The van der Waals surface area contributed by atoms with E-state index in [1.54, 1.807) is 36.5 Å². The molecule has 0 spiro atoms. The summed E-state index contributed by atoms with van der Waals surface area (Å²) < 4.78 is 11.3. The number of hydrogen-bond donors (Lipinski definition) is 1. The molecule has 0 aliphatic rings. The minimum atomic E-state index is -0.297. The Hall–Kier alpha value is -4.11. The van der Waals surface area contributed by atoms with Crippen LogP contribution in [0.25, 0.3) is 0 Å². The Balaban J connectivity index is 1.50. The number of rotatable bonds is 9. The van der Waals surface area contributed by atoms with Crippen LogP contribution in [0, 0.1) is 11.3 Å². The molecule has 31 heavy (non-hydrogen) atoms. The average Bonchev–Trinajstić information content (AvgIpc) is 2.82. The molecule has 0 bridgehead atoms. The molecule has 0 heterocycles. The van der Waals surface area contributed by atoms with Gasteiger partial charge in [-0.1, -0.05) is 25.1 Å². The van der Waals surface area contributed by atoms with Gasteiger partial charge in [-0.25, -0.2) is 5.43 Å². The van der Waals surface area contributed by atoms with Crippen LogP contribution in [0.2, 0.25) is 0 Å². The Morgan fingerprint density at radius 1 is 1.00 bits per heavy atom. The van der Waals surface area contributed by atoms with Gasteiger partial charge in [0, 0.05) is 11.1 Å². The number of hydrogen-bond acceptors (Lipinski definition) is 5. The maximum Gasteiger partial charge on any atom is 0.271 e. The van der Waals surface area contributed by atoms with E-state index in [-0.39, 0.29) is 5.91 Å². The van der Waals surface area contributed by atoms with Crippen molar-refractivity contribution in [2.45, 2.75) is 20.0 Å². The molecule has 1 N–H and O–H groups in total. The first kappa shape index (κ1) is 21.6. The van der Waals surface area contributed by atoms with Crippen LogP contribution in [0.3, 0.4) is 0 Å². The summed E-state index contributed by atoms with van der Waals surface area (Å²) in [6.45, 7) is 3.00. The summed E-state index contributed by atoms with van der Waals surface area (Å²) >= 11 is 0. The second-order valence-corrected chi connectivity index (χ2v) is 6.70. The first-order valence-corrected chi connectivity index (χ1v) is 9.96. The zero-order chi connectivity index (χ0) is 21.9. The zero-order valence-corrected chi connectivity index (χ0v) is 17.2. The van der Waals surface area contributed by atoms with Crippen molar-refractivity contribution in [3.05, 3.63) is 95.1 Å². The number of hydrazone groups is 1. The summed E-state index contributed by atoms with van der Waals surface area (Å²) in [5, 5.41) is 13.1. The number of nitriles is 1. The van der Waals surface area contributed by atoms with Gasteiger partial charge in [-0.05, 0) is 66.6 Å². The molecular formula is C25H23N3O3.